The van der Waals surface area contributed by atoms with Gasteiger partial charge in [0, 0.05) is 18.7 Å². The van der Waals surface area contributed by atoms with E-state index in [0.29, 0.717) is 18.0 Å². The normalized spacial score (nSPS) is 23.6. The van der Waals surface area contributed by atoms with Crippen LogP contribution in [-0.4, -0.2) is 25.3 Å². The van der Waals surface area contributed by atoms with E-state index in [0.717, 1.165) is 19.1 Å². The average Bonchev–Trinajstić information content (AvgIpc) is 2.37. The van der Waals surface area contributed by atoms with Gasteiger partial charge in [0.25, 0.3) is 0 Å². The first-order valence-electron chi connectivity index (χ1n) is 8.01. The van der Waals surface area contributed by atoms with Crippen molar-refractivity contribution in [2.75, 3.05) is 13.2 Å². The van der Waals surface area contributed by atoms with Gasteiger partial charge >= 0.3 is 0 Å². The van der Waals surface area contributed by atoms with Crippen molar-refractivity contribution < 1.29 is 4.74 Å². The summed E-state index contributed by atoms with van der Waals surface area (Å²) in [4.78, 5) is 0. The molecule has 1 aromatic rings. The van der Waals surface area contributed by atoms with E-state index < -0.39 is 0 Å². The van der Waals surface area contributed by atoms with E-state index in [1.807, 2.05) is 0 Å². The zero-order valence-electron chi connectivity index (χ0n) is 13.4. The number of benzene rings is 1. The maximum atomic E-state index is 5.59. The Morgan fingerprint density at radius 2 is 1.95 bits per heavy atom. The Labute approximate surface area is 123 Å². The van der Waals surface area contributed by atoms with E-state index in [-0.39, 0.29) is 0 Å². The van der Waals surface area contributed by atoms with Gasteiger partial charge in [-0.3, -0.25) is 0 Å². The standard InChI is InChI=1S/C18H29NO/c1-5-20-12-18(13(2)3)19-16-10-15(11-16)17-9-7-6-8-14(17)4/h6-9,13,15-16,18-19H,5,10-12H2,1-4H3. The molecule has 0 saturated heterocycles. The molecule has 112 valence electrons. The van der Waals surface area contributed by atoms with Gasteiger partial charge in [0.1, 0.15) is 0 Å². The lowest BCUT2D eigenvalue weighted by atomic mass is 9.74. The summed E-state index contributed by atoms with van der Waals surface area (Å²) in [6.45, 7) is 10.5. The van der Waals surface area contributed by atoms with E-state index in [1.165, 1.54) is 24.0 Å². The summed E-state index contributed by atoms with van der Waals surface area (Å²) >= 11 is 0. The molecular formula is C18H29NO. The fourth-order valence-electron chi connectivity index (χ4n) is 3.03. The fraction of sp³-hybridized carbons (Fsp3) is 0.667. The third-order valence-electron chi connectivity index (χ3n) is 4.52. The van der Waals surface area contributed by atoms with Crippen molar-refractivity contribution in [1.82, 2.24) is 5.32 Å². The van der Waals surface area contributed by atoms with Crippen LogP contribution >= 0.6 is 0 Å². The molecule has 1 aliphatic rings. The molecule has 1 unspecified atom stereocenters. The molecule has 1 aliphatic carbocycles. The SMILES string of the molecule is CCOCC(NC1CC(c2ccccc2C)C1)C(C)C. The van der Waals surface area contributed by atoms with Gasteiger partial charge < -0.3 is 10.1 Å². The highest BCUT2D eigenvalue weighted by atomic mass is 16.5. The summed E-state index contributed by atoms with van der Waals surface area (Å²) in [6.07, 6.45) is 2.53. The largest absolute Gasteiger partial charge is 0.380 e. The second-order valence-electron chi connectivity index (χ2n) is 6.40. The summed E-state index contributed by atoms with van der Waals surface area (Å²) in [5.41, 5.74) is 2.97. The number of aryl methyl sites for hydroxylation is 1. The van der Waals surface area contributed by atoms with Gasteiger partial charge in [-0.05, 0) is 49.7 Å². The maximum absolute atomic E-state index is 5.59. The van der Waals surface area contributed by atoms with Crippen LogP contribution < -0.4 is 5.32 Å². The molecule has 1 aromatic carbocycles. The minimum Gasteiger partial charge on any atom is -0.380 e. The second kappa shape index (κ2) is 7.24. The minimum atomic E-state index is 0.484. The van der Waals surface area contributed by atoms with E-state index in [9.17, 15) is 0 Å². The van der Waals surface area contributed by atoms with Gasteiger partial charge in [0.15, 0.2) is 0 Å². The molecule has 1 saturated carbocycles. The number of nitrogens with one attached hydrogen (secondary N) is 1. The van der Waals surface area contributed by atoms with Crippen molar-refractivity contribution in [3.63, 3.8) is 0 Å². The predicted octanol–water partition coefficient (Wildman–Crippen LogP) is 3.89. The summed E-state index contributed by atoms with van der Waals surface area (Å²) in [6, 6.07) is 9.95. The van der Waals surface area contributed by atoms with Crippen molar-refractivity contribution in [3.05, 3.63) is 35.4 Å². The van der Waals surface area contributed by atoms with E-state index in [2.05, 4.69) is 57.3 Å². The molecule has 2 nitrogen and oxygen atoms in total. The summed E-state index contributed by atoms with van der Waals surface area (Å²) < 4.78 is 5.59. The van der Waals surface area contributed by atoms with Crippen molar-refractivity contribution in [2.45, 2.75) is 58.5 Å². The molecule has 2 heteroatoms. The van der Waals surface area contributed by atoms with Crippen molar-refractivity contribution in [3.8, 4) is 0 Å². The highest BCUT2D eigenvalue weighted by Gasteiger charge is 2.32. The van der Waals surface area contributed by atoms with E-state index >= 15 is 0 Å². The Balaban J connectivity index is 1.82. The van der Waals surface area contributed by atoms with Crippen LogP contribution in [0.5, 0.6) is 0 Å². The zero-order chi connectivity index (χ0) is 14.5. The number of rotatable bonds is 7. The van der Waals surface area contributed by atoms with Crippen LogP contribution in [0.4, 0.5) is 0 Å². The Morgan fingerprint density at radius 1 is 1.25 bits per heavy atom. The zero-order valence-corrected chi connectivity index (χ0v) is 13.4. The maximum Gasteiger partial charge on any atom is 0.0622 e. The Kier molecular flexibility index (Phi) is 5.62. The third kappa shape index (κ3) is 3.83. The molecule has 0 amide bonds. The third-order valence-corrected chi connectivity index (χ3v) is 4.52. The predicted molar refractivity (Wildman–Crippen MR) is 85.2 cm³/mol. The first-order chi connectivity index (χ1) is 9.61. The summed E-state index contributed by atoms with van der Waals surface area (Å²) in [7, 11) is 0. The Hall–Kier alpha value is -0.860. The smallest absolute Gasteiger partial charge is 0.0622 e. The lowest BCUT2D eigenvalue weighted by molar-refractivity contribution is 0.0942. The first-order valence-corrected chi connectivity index (χ1v) is 8.01. The average molecular weight is 275 g/mol. The molecule has 0 spiro atoms. The topological polar surface area (TPSA) is 21.3 Å². The highest BCUT2D eigenvalue weighted by molar-refractivity contribution is 5.31. The quantitative estimate of drug-likeness (QED) is 0.815. The molecule has 1 fully saturated rings. The monoisotopic (exact) mass is 275 g/mol. The first kappa shape index (κ1) is 15.5. The second-order valence-corrected chi connectivity index (χ2v) is 6.40. The molecule has 0 aliphatic heterocycles. The number of ether oxygens (including phenoxy) is 1. The van der Waals surface area contributed by atoms with Gasteiger partial charge in [-0.2, -0.15) is 0 Å². The summed E-state index contributed by atoms with van der Waals surface area (Å²) in [5.74, 6) is 1.37. The summed E-state index contributed by atoms with van der Waals surface area (Å²) in [5, 5.41) is 3.78. The molecule has 2 rings (SSSR count). The van der Waals surface area contributed by atoms with E-state index in [1.54, 1.807) is 0 Å². The Bertz CT molecular complexity index is 410. The molecule has 0 bridgehead atoms. The molecule has 1 N–H and O–H groups in total. The lowest BCUT2D eigenvalue weighted by Crippen LogP contribution is -2.49. The fourth-order valence-corrected chi connectivity index (χ4v) is 3.03. The minimum absolute atomic E-state index is 0.484. The van der Waals surface area contributed by atoms with Crippen molar-refractivity contribution >= 4 is 0 Å². The van der Waals surface area contributed by atoms with E-state index in [4.69, 9.17) is 4.74 Å². The van der Waals surface area contributed by atoms with Gasteiger partial charge in [-0.1, -0.05) is 38.1 Å². The number of hydrogen-bond acceptors (Lipinski definition) is 2. The molecule has 1 atom stereocenters. The van der Waals surface area contributed by atoms with Crippen LogP contribution in [-0.2, 0) is 4.74 Å². The lowest BCUT2D eigenvalue weighted by Gasteiger charge is -2.40. The van der Waals surface area contributed by atoms with Crippen molar-refractivity contribution in [1.29, 1.82) is 0 Å². The van der Waals surface area contributed by atoms with Crippen LogP contribution in [0.25, 0.3) is 0 Å². The molecule has 0 radical (unpaired) electrons. The molecular weight excluding hydrogens is 246 g/mol. The van der Waals surface area contributed by atoms with Crippen LogP contribution in [0.15, 0.2) is 24.3 Å². The van der Waals surface area contributed by atoms with Crippen molar-refractivity contribution in [2.24, 2.45) is 5.92 Å². The number of hydrogen-bond donors (Lipinski definition) is 1. The van der Waals surface area contributed by atoms with Gasteiger partial charge in [0.2, 0.25) is 0 Å². The van der Waals surface area contributed by atoms with Gasteiger partial charge in [-0.25, -0.2) is 0 Å². The van der Waals surface area contributed by atoms with Crippen LogP contribution in [0.3, 0.4) is 0 Å². The highest BCUT2D eigenvalue weighted by Crippen LogP contribution is 2.38. The van der Waals surface area contributed by atoms with Gasteiger partial charge in [-0.15, -0.1) is 0 Å². The van der Waals surface area contributed by atoms with Gasteiger partial charge in [0.05, 0.1) is 6.61 Å². The van der Waals surface area contributed by atoms with Crippen LogP contribution in [0, 0.1) is 12.8 Å². The van der Waals surface area contributed by atoms with Crippen LogP contribution in [0.1, 0.15) is 50.7 Å². The molecule has 0 heterocycles. The molecule has 20 heavy (non-hydrogen) atoms. The Morgan fingerprint density at radius 3 is 2.55 bits per heavy atom. The van der Waals surface area contributed by atoms with Crippen LogP contribution in [0.2, 0.25) is 0 Å². The molecule has 0 aromatic heterocycles.